The molecule has 2 aromatic rings. The molecule has 90 valence electrons. The van der Waals surface area contributed by atoms with Crippen molar-refractivity contribution in [3.05, 3.63) is 34.9 Å². The van der Waals surface area contributed by atoms with Crippen molar-refractivity contribution in [1.29, 1.82) is 0 Å². The van der Waals surface area contributed by atoms with Crippen LogP contribution in [0.15, 0.2) is 29.3 Å². The molecule has 2 rings (SSSR count). The quantitative estimate of drug-likeness (QED) is 0.803. The first-order valence-corrected chi connectivity index (χ1v) is 5.39. The standard InChI is InChI=1S/C12H15N3O2/c1-8(17-2)6-15-7-14-11-4-3-9(13)5-10(11)12(15)16/h3-5,7-8H,6,13H2,1-2H3. The first-order chi connectivity index (χ1) is 8.11. The Balaban J connectivity index is 2.53. The Morgan fingerprint density at radius 3 is 3.00 bits per heavy atom. The number of hydrogen-bond acceptors (Lipinski definition) is 4. The lowest BCUT2D eigenvalue weighted by molar-refractivity contribution is 0.102. The van der Waals surface area contributed by atoms with Crippen LogP contribution in [0.4, 0.5) is 5.69 Å². The second-order valence-corrected chi connectivity index (χ2v) is 4.02. The summed E-state index contributed by atoms with van der Waals surface area (Å²) >= 11 is 0. The predicted octanol–water partition coefficient (Wildman–Crippen LogP) is 1.01. The third kappa shape index (κ3) is 2.29. The largest absolute Gasteiger partial charge is 0.399 e. The maximum Gasteiger partial charge on any atom is 0.261 e. The summed E-state index contributed by atoms with van der Waals surface area (Å²) in [4.78, 5) is 16.4. The highest BCUT2D eigenvalue weighted by molar-refractivity contribution is 5.80. The summed E-state index contributed by atoms with van der Waals surface area (Å²) in [7, 11) is 1.61. The fraction of sp³-hybridized carbons (Fsp3) is 0.333. The average Bonchev–Trinajstić information content (AvgIpc) is 2.33. The van der Waals surface area contributed by atoms with E-state index in [9.17, 15) is 4.79 Å². The molecule has 0 saturated carbocycles. The lowest BCUT2D eigenvalue weighted by atomic mass is 10.2. The Hall–Kier alpha value is -1.88. The second-order valence-electron chi connectivity index (χ2n) is 4.02. The van der Waals surface area contributed by atoms with Gasteiger partial charge in [0.1, 0.15) is 0 Å². The van der Waals surface area contributed by atoms with Crippen molar-refractivity contribution in [1.82, 2.24) is 9.55 Å². The Kier molecular flexibility index (Phi) is 3.10. The topological polar surface area (TPSA) is 70.1 Å². The van der Waals surface area contributed by atoms with Crippen molar-refractivity contribution in [2.45, 2.75) is 19.6 Å². The van der Waals surface area contributed by atoms with Gasteiger partial charge in [-0.15, -0.1) is 0 Å². The van der Waals surface area contributed by atoms with Crippen LogP contribution >= 0.6 is 0 Å². The molecule has 0 aliphatic heterocycles. The number of nitrogen functional groups attached to an aromatic ring is 1. The number of benzene rings is 1. The molecule has 0 amide bonds. The number of nitrogens with two attached hydrogens (primary N) is 1. The SMILES string of the molecule is COC(C)Cn1cnc2ccc(N)cc2c1=O. The highest BCUT2D eigenvalue weighted by atomic mass is 16.5. The van der Waals surface area contributed by atoms with Gasteiger partial charge in [-0.05, 0) is 25.1 Å². The summed E-state index contributed by atoms with van der Waals surface area (Å²) in [6, 6.07) is 5.13. The van der Waals surface area contributed by atoms with Crippen LogP contribution in [0.2, 0.25) is 0 Å². The van der Waals surface area contributed by atoms with Gasteiger partial charge in [0.2, 0.25) is 0 Å². The molecule has 2 N–H and O–H groups in total. The normalized spacial score (nSPS) is 12.8. The second kappa shape index (κ2) is 4.55. The maximum atomic E-state index is 12.1. The predicted molar refractivity (Wildman–Crippen MR) is 66.9 cm³/mol. The molecular weight excluding hydrogens is 218 g/mol. The van der Waals surface area contributed by atoms with Gasteiger partial charge in [-0.25, -0.2) is 4.98 Å². The Morgan fingerprint density at radius 2 is 2.29 bits per heavy atom. The smallest absolute Gasteiger partial charge is 0.261 e. The van der Waals surface area contributed by atoms with Crippen LogP contribution in [0, 0.1) is 0 Å². The molecule has 0 spiro atoms. The summed E-state index contributed by atoms with van der Waals surface area (Å²) < 4.78 is 6.67. The van der Waals surface area contributed by atoms with Gasteiger partial charge in [-0.2, -0.15) is 0 Å². The van der Waals surface area contributed by atoms with E-state index in [4.69, 9.17) is 10.5 Å². The molecule has 1 aromatic heterocycles. The van der Waals surface area contributed by atoms with Crippen molar-refractivity contribution in [3.8, 4) is 0 Å². The maximum absolute atomic E-state index is 12.1. The van der Waals surface area contributed by atoms with Gasteiger partial charge in [0.05, 0.1) is 29.9 Å². The monoisotopic (exact) mass is 233 g/mol. The summed E-state index contributed by atoms with van der Waals surface area (Å²) in [6.07, 6.45) is 1.50. The molecule has 1 aromatic carbocycles. The molecule has 0 radical (unpaired) electrons. The summed E-state index contributed by atoms with van der Waals surface area (Å²) in [5.41, 5.74) is 6.80. The highest BCUT2D eigenvalue weighted by Gasteiger charge is 2.07. The Morgan fingerprint density at radius 1 is 1.53 bits per heavy atom. The van der Waals surface area contributed by atoms with E-state index >= 15 is 0 Å². The molecule has 0 fully saturated rings. The minimum atomic E-state index is -0.0915. The molecular formula is C12H15N3O2. The van der Waals surface area contributed by atoms with Crippen LogP contribution in [-0.4, -0.2) is 22.8 Å². The lowest BCUT2D eigenvalue weighted by Gasteiger charge is -2.11. The number of hydrogen-bond donors (Lipinski definition) is 1. The summed E-state index contributed by atoms with van der Waals surface area (Å²) in [6.45, 7) is 2.38. The summed E-state index contributed by atoms with van der Waals surface area (Å²) in [5.74, 6) is 0. The third-order valence-electron chi connectivity index (χ3n) is 2.70. The van der Waals surface area contributed by atoms with Crippen LogP contribution in [0.25, 0.3) is 10.9 Å². The number of nitrogens with zero attached hydrogens (tertiary/aromatic N) is 2. The number of methoxy groups -OCH3 is 1. The van der Waals surface area contributed by atoms with E-state index in [1.807, 2.05) is 6.92 Å². The molecule has 1 unspecified atom stereocenters. The van der Waals surface area contributed by atoms with Gasteiger partial charge in [-0.3, -0.25) is 9.36 Å². The molecule has 0 aliphatic carbocycles. The zero-order valence-electron chi connectivity index (χ0n) is 9.88. The molecule has 0 bridgehead atoms. The van der Waals surface area contributed by atoms with Gasteiger partial charge in [0, 0.05) is 12.8 Å². The van der Waals surface area contributed by atoms with Crippen molar-refractivity contribution < 1.29 is 4.74 Å². The average molecular weight is 233 g/mol. The van der Waals surface area contributed by atoms with E-state index in [2.05, 4.69) is 4.98 Å². The molecule has 17 heavy (non-hydrogen) atoms. The van der Waals surface area contributed by atoms with Crippen molar-refractivity contribution in [3.63, 3.8) is 0 Å². The van der Waals surface area contributed by atoms with Crippen LogP contribution in [-0.2, 0) is 11.3 Å². The minimum absolute atomic E-state index is 0.0343. The van der Waals surface area contributed by atoms with E-state index < -0.39 is 0 Å². The number of ether oxygens (including phenoxy) is 1. The fourth-order valence-corrected chi connectivity index (χ4v) is 1.66. The molecule has 1 heterocycles. The fourth-order valence-electron chi connectivity index (χ4n) is 1.66. The van der Waals surface area contributed by atoms with Gasteiger partial charge < -0.3 is 10.5 Å². The minimum Gasteiger partial charge on any atom is -0.399 e. The van der Waals surface area contributed by atoms with Crippen LogP contribution in [0.3, 0.4) is 0 Å². The Labute approximate surface area is 98.8 Å². The molecule has 5 nitrogen and oxygen atoms in total. The van der Waals surface area contributed by atoms with Gasteiger partial charge in [0.25, 0.3) is 5.56 Å². The highest BCUT2D eigenvalue weighted by Crippen LogP contribution is 2.11. The van der Waals surface area contributed by atoms with E-state index in [0.717, 1.165) is 0 Å². The van der Waals surface area contributed by atoms with E-state index in [-0.39, 0.29) is 11.7 Å². The van der Waals surface area contributed by atoms with Crippen molar-refractivity contribution >= 4 is 16.6 Å². The van der Waals surface area contributed by atoms with Crippen molar-refractivity contribution in [2.24, 2.45) is 0 Å². The number of anilines is 1. The zero-order valence-corrected chi connectivity index (χ0v) is 9.88. The first kappa shape index (κ1) is 11.6. The summed E-state index contributed by atoms with van der Waals surface area (Å²) in [5, 5.41) is 0.538. The van der Waals surface area contributed by atoms with Crippen LogP contribution in [0.1, 0.15) is 6.92 Å². The van der Waals surface area contributed by atoms with Crippen LogP contribution < -0.4 is 11.3 Å². The van der Waals surface area contributed by atoms with Crippen molar-refractivity contribution in [2.75, 3.05) is 12.8 Å². The lowest BCUT2D eigenvalue weighted by Crippen LogP contribution is -2.26. The zero-order chi connectivity index (χ0) is 12.4. The van der Waals surface area contributed by atoms with E-state index in [0.29, 0.717) is 23.1 Å². The molecule has 5 heteroatoms. The van der Waals surface area contributed by atoms with Gasteiger partial charge in [-0.1, -0.05) is 0 Å². The number of aromatic nitrogens is 2. The van der Waals surface area contributed by atoms with Gasteiger partial charge >= 0.3 is 0 Å². The number of rotatable bonds is 3. The molecule has 1 atom stereocenters. The van der Waals surface area contributed by atoms with E-state index in [1.54, 1.807) is 25.3 Å². The molecule has 0 aliphatic rings. The molecule has 0 saturated heterocycles. The van der Waals surface area contributed by atoms with Gasteiger partial charge in [0.15, 0.2) is 0 Å². The first-order valence-electron chi connectivity index (χ1n) is 5.39. The Bertz CT molecular complexity index is 592. The third-order valence-corrected chi connectivity index (χ3v) is 2.70. The van der Waals surface area contributed by atoms with E-state index in [1.165, 1.54) is 10.9 Å². The van der Waals surface area contributed by atoms with Crippen LogP contribution in [0.5, 0.6) is 0 Å². The number of fused-ring (bicyclic) bond motifs is 1.